The molecule has 1 aliphatic rings. The summed E-state index contributed by atoms with van der Waals surface area (Å²) in [7, 11) is 0. The van der Waals surface area contributed by atoms with E-state index in [1.807, 2.05) is 0 Å². The third kappa shape index (κ3) is 3.10. The van der Waals surface area contributed by atoms with Crippen molar-refractivity contribution in [2.75, 3.05) is 0 Å². The standard InChI is InChI=1S/C11H19F3O/c1-2-3-4-5-6-9-7-10(15,8-9)11(12,13)14/h9,15H,2-8H2,1H3. The Kier molecular flexibility index (Phi) is 4.04. The monoisotopic (exact) mass is 224 g/mol. The van der Waals surface area contributed by atoms with Gasteiger partial charge in [-0.2, -0.15) is 13.2 Å². The van der Waals surface area contributed by atoms with Crippen LogP contribution in [0.4, 0.5) is 13.2 Å². The highest BCUT2D eigenvalue weighted by atomic mass is 19.4. The van der Waals surface area contributed by atoms with Gasteiger partial charge in [0.05, 0.1) is 0 Å². The first-order valence-corrected chi connectivity index (χ1v) is 5.68. The van der Waals surface area contributed by atoms with Crippen molar-refractivity contribution in [3.8, 4) is 0 Å². The molecule has 0 atom stereocenters. The van der Waals surface area contributed by atoms with E-state index in [0.29, 0.717) is 0 Å². The van der Waals surface area contributed by atoms with E-state index in [0.717, 1.165) is 32.1 Å². The summed E-state index contributed by atoms with van der Waals surface area (Å²) in [6, 6.07) is 0. The van der Waals surface area contributed by atoms with Gasteiger partial charge in [-0.1, -0.05) is 39.0 Å². The van der Waals surface area contributed by atoms with E-state index in [2.05, 4.69) is 6.92 Å². The predicted octanol–water partition coefficient (Wildman–Crippen LogP) is 3.66. The summed E-state index contributed by atoms with van der Waals surface area (Å²) < 4.78 is 36.8. The Labute approximate surface area is 88.7 Å². The molecule has 0 unspecified atom stereocenters. The minimum absolute atomic E-state index is 0.0773. The summed E-state index contributed by atoms with van der Waals surface area (Å²) in [6.45, 7) is 2.10. The molecule has 1 rings (SSSR count). The van der Waals surface area contributed by atoms with Gasteiger partial charge in [0.15, 0.2) is 5.60 Å². The molecule has 0 aromatic heterocycles. The molecule has 90 valence electrons. The van der Waals surface area contributed by atoms with Crippen LogP contribution in [-0.4, -0.2) is 16.9 Å². The molecule has 0 aromatic carbocycles. The highest BCUT2D eigenvalue weighted by Crippen LogP contribution is 2.50. The topological polar surface area (TPSA) is 20.2 Å². The van der Waals surface area contributed by atoms with Gasteiger partial charge in [0.1, 0.15) is 0 Å². The number of aliphatic hydroxyl groups is 1. The van der Waals surface area contributed by atoms with Crippen molar-refractivity contribution in [3.63, 3.8) is 0 Å². The van der Waals surface area contributed by atoms with Crippen molar-refractivity contribution in [2.24, 2.45) is 5.92 Å². The first-order valence-electron chi connectivity index (χ1n) is 5.68. The van der Waals surface area contributed by atoms with Gasteiger partial charge in [0, 0.05) is 0 Å². The molecule has 1 N–H and O–H groups in total. The Morgan fingerprint density at radius 2 is 1.80 bits per heavy atom. The lowest BCUT2D eigenvalue weighted by Gasteiger charge is -2.44. The van der Waals surface area contributed by atoms with Gasteiger partial charge in [0.2, 0.25) is 0 Å². The van der Waals surface area contributed by atoms with Crippen LogP contribution in [0, 0.1) is 5.92 Å². The van der Waals surface area contributed by atoms with Crippen LogP contribution in [0.25, 0.3) is 0 Å². The average Bonchev–Trinajstić information content (AvgIpc) is 2.06. The summed E-state index contributed by atoms with van der Waals surface area (Å²) in [5.74, 6) is 0.0773. The number of alkyl halides is 3. The van der Waals surface area contributed by atoms with Gasteiger partial charge < -0.3 is 5.11 Å². The minimum atomic E-state index is -4.44. The van der Waals surface area contributed by atoms with E-state index in [1.165, 1.54) is 0 Å². The van der Waals surface area contributed by atoms with Crippen molar-refractivity contribution < 1.29 is 18.3 Å². The van der Waals surface area contributed by atoms with Gasteiger partial charge in [-0.05, 0) is 18.8 Å². The molecular weight excluding hydrogens is 205 g/mol. The normalized spacial score (nSPS) is 31.4. The summed E-state index contributed by atoms with van der Waals surface area (Å²) >= 11 is 0. The fourth-order valence-corrected chi connectivity index (χ4v) is 2.19. The van der Waals surface area contributed by atoms with E-state index in [4.69, 9.17) is 0 Å². The molecule has 0 amide bonds. The summed E-state index contributed by atoms with van der Waals surface area (Å²) in [4.78, 5) is 0. The second-order valence-corrected chi connectivity index (χ2v) is 4.65. The van der Waals surface area contributed by atoms with Crippen LogP contribution in [0.1, 0.15) is 51.9 Å². The average molecular weight is 224 g/mol. The zero-order valence-electron chi connectivity index (χ0n) is 9.11. The minimum Gasteiger partial charge on any atom is -0.380 e. The van der Waals surface area contributed by atoms with Gasteiger partial charge in [-0.3, -0.25) is 0 Å². The second-order valence-electron chi connectivity index (χ2n) is 4.65. The van der Waals surface area contributed by atoms with E-state index >= 15 is 0 Å². The SMILES string of the molecule is CCCCCCC1CC(O)(C(F)(F)F)C1. The fourth-order valence-electron chi connectivity index (χ4n) is 2.19. The molecule has 0 spiro atoms. The third-order valence-electron chi connectivity index (χ3n) is 3.25. The van der Waals surface area contributed by atoms with E-state index in [-0.39, 0.29) is 18.8 Å². The smallest absolute Gasteiger partial charge is 0.380 e. The Morgan fingerprint density at radius 1 is 1.20 bits per heavy atom. The van der Waals surface area contributed by atoms with Crippen LogP contribution < -0.4 is 0 Å². The molecule has 0 heterocycles. The van der Waals surface area contributed by atoms with Gasteiger partial charge >= 0.3 is 6.18 Å². The molecule has 0 radical (unpaired) electrons. The Balaban J connectivity index is 2.15. The number of hydrogen-bond acceptors (Lipinski definition) is 1. The summed E-state index contributed by atoms with van der Waals surface area (Å²) in [6.07, 6.45) is 0.577. The maximum Gasteiger partial charge on any atom is 0.417 e. The lowest BCUT2D eigenvalue weighted by atomic mass is 9.68. The van der Waals surface area contributed by atoms with E-state index < -0.39 is 11.8 Å². The largest absolute Gasteiger partial charge is 0.417 e. The van der Waals surface area contributed by atoms with Crippen molar-refractivity contribution in [3.05, 3.63) is 0 Å². The molecule has 1 nitrogen and oxygen atoms in total. The number of hydrogen-bond donors (Lipinski definition) is 1. The molecule has 4 heteroatoms. The van der Waals surface area contributed by atoms with Crippen LogP contribution in [0.2, 0.25) is 0 Å². The van der Waals surface area contributed by atoms with Crippen molar-refractivity contribution in [1.29, 1.82) is 0 Å². The predicted molar refractivity (Wildman–Crippen MR) is 52.5 cm³/mol. The Morgan fingerprint density at radius 3 is 2.27 bits per heavy atom. The van der Waals surface area contributed by atoms with Crippen molar-refractivity contribution in [2.45, 2.75) is 63.6 Å². The first kappa shape index (κ1) is 12.8. The van der Waals surface area contributed by atoms with Crippen LogP contribution in [0.15, 0.2) is 0 Å². The highest BCUT2D eigenvalue weighted by molar-refractivity contribution is 4.99. The third-order valence-corrected chi connectivity index (χ3v) is 3.25. The van der Waals surface area contributed by atoms with E-state index in [9.17, 15) is 18.3 Å². The lowest BCUT2D eigenvalue weighted by molar-refractivity contribution is -0.299. The molecule has 0 aromatic rings. The number of halogens is 3. The van der Waals surface area contributed by atoms with Crippen LogP contribution in [0.5, 0.6) is 0 Å². The second kappa shape index (κ2) is 4.73. The molecule has 0 bridgehead atoms. The molecule has 1 fully saturated rings. The van der Waals surface area contributed by atoms with Gasteiger partial charge in [-0.25, -0.2) is 0 Å². The number of unbranched alkanes of at least 4 members (excludes halogenated alkanes) is 3. The zero-order chi connectivity index (χ0) is 11.5. The Bertz CT molecular complexity index is 194. The maximum atomic E-state index is 12.3. The van der Waals surface area contributed by atoms with Crippen LogP contribution in [0.3, 0.4) is 0 Å². The number of rotatable bonds is 5. The van der Waals surface area contributed by atoms with E-state index in [1.54, 1.807) is 0 Å². The Hall–Kier alpha value is -0.250. The molecule has 0 saturated heterocycles. The first-order chi connectivity index (χ1) is 6.89. The van der Waals surface area contributed by atoms with Gasteiger partial charge in [0.25, 0.3) is 0 Å². The molecule has 1 aliphatic carbocycles. The zero-order valence-corrected chi connectivity index (χ0v) is 9.11. The van der Waals surface area contributed by atoms with Crippen LogP contribution >= 0.6 is 0 Å². The summed E-state index contributed by atoms with van der Waals surface area (Å²) in [5, 5.41) is 9.19. The van der Waals surface area contributed by atoms with Gasteiger partial charge in [-0.15, -0.1) is 0 Å². The highest BCUT2D eigenvalue weighted by Gasteiger charge is 2.60. The molecule has 15 heavy (non-hydrogen) atoms. The van der Waals surface area contributed by atoms with Crippen LogP contribution in [-0.2, 0) is 0 Å². The molecular formula is C11H19F3O. The molecule has 0 aliphatic heterocycles. The quantitative estimate of drug-likeness (QED) is 0.706. The fraction of sp³-hybridized carbons (Fsp3) is 1.00. The molecule has 1 saturated carbocycles. The lowest BCUT2D eigenvalue weighted by Crippen LogP contribution is -2.55. The summed E-state index contributed by atoms with van der Waals surface area (Å²) in [5.41, 5.74) is -2.37. The van der Waals surface area contributed by atoms with Crippen molar-refractivity contribution in [1.82, 2.24) is 0 Å². The maximum absolute atomic E-state index is 12.3. The van der Waals surface area contributed by atoms with Crippen molar-refractivity contribution >= 4 is 0 Å².